The molecule has 3 nitrogen and oxygen atoms in total. The summed E-state index contributed by atoms with van der Waals surface area (Å²) in [7, 11) is 6.29. The van der Waals surface area contributed by atoms with Gasteiger partial charge in [-0.15, -0.1) is 0 Å². The quantitative estimate of drug-likeness (QED) is 0.295. The van der Waals surface area contributed by atoms with Crippen molar-refractivity contribution in [3.05, 3.63) is 107 Å². The van der Waals surface area contributed by atoms with Crippen molar-refractivity contribution in [2.24, 2.45) is 0 Å². The number of rotatable bonds is 5. The average molecular weight is 459 g/mol. The highest BCUT2D eigenvalue weighted by Crippen LogP contribution is 2.40. The Morgan fingerprint density at radius 1 is 0.771 bits per heavy atom. The molecule has 3 aromatic carbocycles. The molecule has 0 spiro atoms. The zero-order valence-electron chi connectivity index (χ0n) is 21.2. The third-order valence-electron chi connectivity index (χ3n) is 6.97. The summed E-state index contributed by atoms with van der Waals surface area (Å²) in [6.45, 7) is 4.62. The molecule has 0 radical (unpaired) electrons. The van der Waals surface area contributed by atoms with Crippen LogP contribution in [0.2, 0.25) is 0 Å². The van der Waals surface area contributed by atoms with Crippen LogP contribution >= 0.6 is 0 Å². The number of para-hydroxylation sites is 1. The van der Waals surface area contributed by atoms with E-state index < -0.39 is 0 Å². The molecule has 5 rings (SSSR count). The molecule has 1 aliphatic heterocycles. The second-order valence-corrected chi connectivity index (χ2v) is 9.93. The lowest BCUT2D eigenvalue weighted by Crippen LogP contribution is -2.26. The molecular weight excluding hydrogens is 426 g/mol. The van der Waals surface area contributed by atoms with Gasteiger partial charge >= 0.3 is 0 Å². The molecule has 0 aliphatic carbocycles. The van der Waals surface area contributed by atoms with E-state index in [-0.39, 0.29) is 5.41 Å². The Balaban J connectivity index is 1.40. The van der Waals surface area contributed by atoms with E-state index >= 15 is 0 Å². The maximum Gasteiger partial charge on any atom is 0.209 e. The van der Waals surface area contributed by atoms with Gasteiger partial charge in [0.25, 0.3) is 0 Å². The summed E-state index contributed by atoms with van der Waals surface area (Å²) >= 11 is 0. The highest BCUT2D eigenvalue weighted by molar-refractivity contribution is 6.05. The highest BCUT2D eigenvalue weighted by atomic mass is 15.1. The molecule has 0 bridgehead atoms. The fourth-order valence-corrected chi connectivity index (χ4v) is 4.87. The van der Waals surface area contributed by atoms with Crippen LogP contribution in [0.15, 0.2) is 84.9 Å². The van der Waals surface area contributed by atoms with Crippen molar-refractivity contribution >= 4 is 46.2 Å². The third kappa shape index (κ3) is 4.42. The first-order valence-corrected chi connectivity index (χ1v) is 12.1. The molecule has 4 aromatic rings. The zero-order valence-corrected chi connectivity index (χ0v) is 21.2. The summed E-state index contributed by atoms with van der Waals surface area (Å²) in [4.78, 5) is 6.89. The Hall–Kier alpha value is -3.98. The van der Waals surface area contributed by atoms with Crippen molar-refractivity contribution in [1.29, 1.82) is 0 Å². The van der Waals surface area contributed by atoms with Crippen molar-refractivity contribution in [3.63, 3.8) is 0 Å². The largest absolute Gasteiger partial charge is 0.378 e. The van der Waals surface area contributed by atoms with Gasteiger partial charge in [-0.3, -0.25) is 0 Å². The summed E-state index contributed by atoms with van der Waals surface area (Å²) < 4.78 is 2.32. The van der Waals surface area contributed by atoms with Crippen molar-refractivity contribution in [2.75, 3.05) is 26.0 Å². The van der Waals surface area contributed by atoms with Gasteiger partial charge in [-0.05, 0) is 73.5 Å². The predicted octanol–water partition coefficient (Wildman–Crippen LogP) is 7.19. The molecule has 174 valence electrons. The molecule has 35 heavy (non-hydrogen) atoms. The first-order valence-electron chi connectivity index (χ1n) is 12.1. The molecule has 2 heterocycles. The van der Waals surface area contributed by atoms with Gasteiger partial charge in [0.05, 0.1) is 16.6 Å². The van der Waals surface area contributed by atoms with Crippen molar-refractivity contribution in [3.8, 4) is 0 Å². The summed E-state index contributed by atoms with van der Waals surface area (Å²) in [6, 6.07) is 27.8. The van der Waals surface area contributed by atoms with E-state index in [1.807, 2.05) is 12.1 Å². The summed E-state index contributed by atoms with van der Waals surface area (Å²) in [5.74, 6) is 0. The van der Waals surface area contributed by atoms with Gasteiger partial charge < -0.3 is 4.90 Å². The van der Waals surface area contributed by atoms with Gasteiger partial charge in [-0.1, -0.05) is 42.5 Å². The first-order chi connectivity index (χ1) is 16.8. The van der Waals surface area contributed by atoms with E-state index in [4.69, 9.17) is 4.98 Å². The van der Waals surface area contributed by atoms with Crippen LogP contribution in [0.3, 0.4) is 0 Å². The van der Waals surface area contributed by atoms with E-state index in [1.54, 1.807) is 0 Å². The van der Waals surface area contributed by atoms with Crippen molar-refractivity contribution in [2.45, 2.75) is 19.3 Å². The minimum absolute atomic E-state index is 0.0881. The Kier molecular flexibility index (Phi) is 5.86. The van der Waals surface area contributed by atoms with Crippen LogP contribution in [0.4, 0.5) is 11.4 Å². The van der Waals surface area contributed by atoms with Gasteiger partial charge in [0.1, 0.15) is 7.05 Å². The highest BCUT2D eigenvalue weighted by Gasteiger charge is 2.42. The Bertz CT molecular complexity index is 1490. The average Bonchev–Trinajstić information content (AvgIpc) is 3.05. The molecule has 1 aromatic heterocycles. The number of allylic oxidation sites excluding steroid dienone is 1. The fourth-order valence-electron chi connectivity index (χ4n) is 4.87. The third-order valence-corrected chi connectivity index (χ3v) is 6.97. The van der Waals surface area contributed by atoms with E-state index in [9.17, 15) is 0 Å². The smallest absolute Gasteiger partial charge is 0.209 e. The van der Waals surface area contributed by atoms with E-state index in [0.29, 0.717) is 0 Å². The topological polar surface area (TPSA) is 19.1 Å². The molecular formula is C32H32N3+. The minimum atomic E-state index is -0.0881. The van der Waals surface area contributed by atoms with E-state index in [1.165, 1.54) is 33.8 Å². The Morgan fingerprint density at radius 2 is 1.49 bits per heavy atom. The summed E-state index contributed by atoms with van der Waals surface area (Å²) in [5, 5.41) is 1.16. The molecule has 0 atom stereocenters. The molecule has 3 heteroatoms. The van der Waals surface area contributed by atoms with Crippen LogP contribution in [-0.4, -0.2) is 36.4 Å². The normalized spacial score (nSPS) is 14.9. The van der Waals surface area contributed by atoms with Gasteiger partial charge in [0.15, 0.2) is 5.71 Å². The second kappa shape index (κ2) is 8.99. The van der Waals surface area contributed by atoms with Crippen LogP contribution in [-0.2, 0) is 5.41 Å². The van der Waals surface area contributed by atoms with Gasteiger partial charge in [0, 0.05) is 42.9 Å². The van der Waals surface area contributed by atoms with Crippen LogP contribution in [0.1, 0.15) is 36.2 Å². The van der Waals surface area contributed by atoms with E-state index in [2.05, 4.69) is 136 Å². The van der Waals surface area contributed by atoms with Crippen LogP contribution < -0.4 is 4.90 Å². The number of nitrogens with zero attached hydrogens (tertiary/aromatic N) is 3. The Labute approximate surface area is 208 Å². The van der Waals surface area contributed by atoms with Crippen LogP contribution in [0.5, 0.6) is 0 Å². The number of pyridine rings is 1. The number of hydrogen-bond donors (Lipinski definition) is 0. The number of benzene rings is 3. The summed E-state index contributed by atoms with van der Waals surface area (Å²) in [6.07, 6.45) is 8.74. The van der Waals surface area contributed by atoms with Crippen LogP contribution in [0, 0.1) is 0 Å². The molecule has 1 aliphatic rings. The summed E-state index contributed by atoms with van der Waals surface area (Å²) in [5.41, 5.74) is 9.40. The standard InChI is InChI=1S/C32H32N3/c1-32(2)28-22-24(10-16-26-17-15-25-8-6-7-9-29(25)33-26)13-20-30(28)35(5)31(32)21-14-23-11-18-27(19-12-23)34(3)4/h6-22H,1-5H3/q+1/b16-10+. The Morgan fingerprint density at radius 3 is 2.26 bits per heavy atom. The monoisotopic (exact) mass is 458 g/mol. The second-order valence-electron chi connectivity index (χ2n) is 9.93. The fraction of sp³-hybridized carbons (Fsp3) is 0.188. The number of fused-ring (bicyclic) bond motifs is 2. The molecule has 0 saturated heterocycles. The molecule has 0 unspecified atom stereocenters. The molecule has 0 amide bonds. The minimum Gasteiger partial charge on any atom is -0.378 e. The maximum atomic E-state index is 4.77. The van der Waals surface area contributed by atoms with Crippen LogP contribution in [0.25, 0.3) is 29.1 Å². The lowest BCUT2D eigenvalue weighted by Gasteiger charge is -2.16. The molecule has 0 fully saturated rings. The van der Waals surface area contributed by atoms with Gasteiger partial charge in [-0.2, -0.15) is 4.58 Å². The lowest BCUT2D eigenvalue weighted by molar-refractivity contribution is -0.401. The first kappa shape index (κ1) is 22.8. The lowest BCUT2D eigenvalue weighted by atomic mass is 9.80. The maximum absolute atomic E-state index is 4.77. The number of anilines is 1. The number of hydrogen-bond acceptors (Lipinski definition) is 2. The van der Waals surface area contributed by atoms with E-state index in [0.717, 1.165) is 16.6 Å². The predicted molar refractivity (Wildman–Crippen MR) is 151 cm³/mol. The SMILES string of the molecule is CN(C)c1ccc(/C=C/C2=[N+](C)c3ccc(/C=C/c4ccc5ccccc5n4)cc3C2(C)C)cc1. The molecule has 0 saturated carbocycles. The zero-order chi connectivity index (χ0) is 24.6. The van der Waals surface area contributed by atoms with Gasteiger partial charge in [-0.25, -0.2) is 4.98 Å². The van der Waals surface area contributed by atoms with Crippen molar-refractivity contribution < 1.29 is 4.58 Å². The molecule has 0 N–H and O–H groups in total. The van der Waals surface area contributed by atoms with Gasteiger partial charge in [0.2, 0.25) is 5.69 Å². The van der Waals surface area contributed by atoms with Crippen molar-refractivity contribution in [1.82, 2.24) is 4.98 Å². The number of aromatic nitrogens is 1.